The summed E-state index contributed by atoms with van der Waals surface area (Å²) in [5, 5.41) is 10.3. The Hall–Kier alpha value is -1.32. The number of nitrogens with one attached hydrogen (secondary N) is 2. The second-order valence-corrected chi connectivity index (χ2v) is 6.89. The molecule has 1 aromatic rings. The Labute approximate surface area is 160 Å². The summed E-state index contributed by atoms with van der Waals surface area (Å²) in [6.45, 7) is 9.76. The largest absolute Gasteiger partial charge is 0.460 e. The van der Waals surface area contributed by atoms with E-state index in [1.807, 2.05) is 33.9 Å². The van der Waals surface area contributed by atoms with E-state index < -0.39 is 5.60 Å². The average molecular weight is 449 g/mol. The van der Waals surface area contributed by atoms with Crippen LogP contribution in [0.4, 0.5) is 0 Å². The van der Waals surface area contributed by atoms with Gasteiger partial charge in [0.2, 0.25) is 0 Å². The zero-order valence-corrected chi connectivity index (χ0v) is 17.4. The number of nitrogens with zero attached hydrogens (tertiary/aromatic N) is 3. The number of aryl methyl sites for hydroxylation is 1. The Morgan fingerprint density at radius 2 is 2.25 bits per heavy atom. The quantitative estimate of drug-likeness (QED) is 0.320. The van der Waals surface area contributed by atoms with Crippen molar-refractivity contribution in [3.05, 3.63) is 17.5 Å². The van der Waals surface area contributed by atoms with Gasteiger partial charge in [0.25, 0.3) is 0 Å². The van der Waals surface area contributed by atoms with Gasteiger partial charge in [-0.15, -0.1) is 24.0 Å². The van der Waals surface area contributed by atoms with Crippen LogP contribution in [-0.2, 0) is 16.1 Å². The van der Waals surface area contributed by atoms with Crippen LogP contribution in [0.2, 0.25) is 0 Å². The van der Waals surface area contributed by atoms with E-state index in [-0.39, 0.29) is 35.9 Å². The number of aromatic amines is 1. The lowest BCUT2D eigenvalue weighted by Crippen LogP contribution is -2.40. The maximum atomic E-state index is 12.2. The van der Waals surface area contributed by atoms with Crippen molar-refractivity contribution in [2.75, 3.05) is 20.1 Å². The van der Waals surface area contributed by atoms with Crippen molar-refractivity contribution in [2.24, 2.45) is 10.9 Å². The molecule has 2 rings (SSSR count). The fourth-order valence-electron chi connectivity index (χ4n) is 2.59. The molecule has 0 amide bonds. The van der Waals surface area contributed by atoms with Crippen molar-refractivity contribution in [3.63, 3.8) is 0 Å². The molecule has 1 aliphatic heterocycles. The zero-order chi connectivity index (χ0) is 17.0. The van der Waals surface area contributed by atoms with Gasteiger partial charge in [-0.25, -0.2) is 0 Å². The summed E-state index contributed by atoms with van der Waals surface area (Å²) < 4.78 is 5.48. The molecule has 7 nitrogen and oxygen atoms in total. The molecule has 24 heavy (non-hydrogen) atoms. The van der Waals surface area contributed by atoms with Gasteiger partial charge < -0.3 is 15.0 Å². The molecule has 0 saturated carbocycles. The van der Waals surface area contributed by atoms with E-state index in [4.69, 9.17) is 4.74 Å². The van der Waals surface area contributed by atoms with E-state index >= 15 is 0 Å². The number of aliphatic imine (C=N–C) groups is 1. The summed E-state index contributed by atoms with van der Waals surface area (Å²) in [7, 11) is 1.76. The van der Waals surface area contributed by atoms with Crippen LogP contribution in [0.25, 0.3) is 0 Å². The predicted molar refractivity (Wildman–Crippen MR) is 104 cm³/mol. The van der Waals surface area contributed by atoms with E-state index in [1.54, 1.807) is 7.05 Å². The minimum atomic E-state index is -0.441. The minimum Gasteiger partial charge on any atom is -0.460 e. The van der Waals surface area contributed by atoms with Crippen LogP contribution in [0.15, 0.2) is 11.2 Å². The molecule has 1 saturated heterocycles. The number of halogens is 1. The van der Waals surface area contributed by atoms with Crippen molar-refractivity contribution in [1.29, 1.82) is 0 Å². The number of esters is 1. The number of guanidine groups is 1. The van der Waals surface area contributed by atoms with E-state index in [0.29, 0.717) is 13.1 Å². The summed E-state index contributed by atoms with van der Waals surface area (Å²) >= 11 is 0. The Bertz CT molecular complexity index is 579. The molecule has 1 aromatic heterocycles. The van der Waals surface area contributed by atoms with Crippen molar-refractivity contribution in [1.82, 2.24) is 20.4 Å². The van der Waals surface area contributed by atoms with Crippen LogP contribution in [-0.4, -0.2) is 52.8 Å². The van der Waals surface area contributed by atoms with Gasteiger partial charge in [-0.05, 0) is 34.1 Å². The number of carbonyl (C=O) groups excluding carboxylic acids is 1. The molecule has 0 spiro atoms. The van der Waals surface area contributed by atoms with Crippen LogP contribution < -0.4 is 5.32 Å². The Balaban J connectivity index is 0.00000288. The highest BCUT2D eigenvalue weighted by Gasteiger charge is 2.33. The summed E-state index contributed by atoms with van der Waals surface area (Å²) in [5.41, 5.74) is 1.71. The first-order valence-corrected chi connectivity index (χ1v) is 7.97. The van der Waals surface area contributed by atoms with Gasteiger partial charge >= 0.3 is 5.97 Å². The van der Waals surface area contributed by atoms with Crippen molar-refractivity contribution in [3.8, 4) is 0 Å². The van der Waals surface area contributed by atoms with Crippen LogP contribution in [0.1, 0.15) is 38.4 Å². The van der Waals surface area contributed by atoms with E-state index in [9.17, 15) is 4.79 Å². The number of aromatic nitrogens is 2. The normalized spacial score (nSPS) is 18.3. The van der Waals surface area contributed by atoms with Crippen LogP contribution >= 0.6 is 24.0 Å². The maximum absolute atomic E-state index is 12.2. The predicted octanol–water partition coefficient (Wildman–Crippen LogP) is 2.08. The monoisotopic (exact) mass is 449 g/mol. The fourth-order valence-corrected chi connectivity index (χ4v) is 2.59. The third kappa shape index (κ3) is 5.64. The van der Waals surface area contributed by atoms with Gasteiger partial charge in [0.05, 0.1) is 12.1 Å². The van der Waals surface area contributed by atoms with E-state index in [2.05, 4.69) is 25.4 Å². The highest BCUT2D eigenvalue weighted by Crippen LogP contribution is 2.21. The average Bonchev–Trinajstić information content (AvgIpc) is 3.08. The zero-order valence-electron chi connectivity index (χ0n) is 15.0. The molecule has 1 unspecified atom stereocenters. The molecule has 2 heterocycles. The highest BCUT2D eigenvalue weighted by atomic mass is 127. The number of ether oxygens (including phenoxy) is 1. The number of carbonyl (C=O) groups is 1. The fraction of sp³-hybridized carbons (Fsp3) is 0.688. The summed E-state index contributed by atoms with van der Waals surface area (Å²) in [6.07, 6.45) is 2.60. The molecule has 0 aliphatic carbocycles. The number of likely N-dealkylation sites (tertiary alicyclic amines) is 1. The summed E-state index contributed by atoms with van der Waals surface area (Å²) in [6, 6.07) is 0. The van der Waals surface area contributed by atoms with Gasteiger partial charge in [-0.1, -0.05) is 0 Å². The Morgan fingerprint density at radius 1 is 1.54 bits per heavy atom. The molecule has 2 N–H and O–H groups in total. The first kappa shape index (κ1) is 20.7. The third-order valence-electron chi connectivity index (χ3n) is 3.81. The molecule has 136 valence electrons. The molecule has 1 aliphatic rings. The third-order valence-corrected chi connectivity index (χ3v) is 3.81. The first-order valence-electron chi connectivity index (χ1n) is 7.97. The van der Waals surface area contributed by atoms with Gasteiger partial charge in [0.15, 0.2) is 5.96 Å². The second kappa shape index (κ2) is 8.68. The summed E-state index contributed by atoms with van der Waals surface area (Å²) in [4.78, 5) is 18.6. The van der Waals surface area contributed by atoms with Gasteiger partial charge in [-0.2, -0.15) is 5.10 Å². The smallest absolute Gasteiger partial charge is 0.311 e. The molecule has 1 atom stereocenters. The molecule has 0 bridgehead atoms. The Kier molecular flexibility index (Phi) is 7.50. The molecular formula is C16H28IN5O2. The van der Waals surface area contributed by atoms with Crippen molar-refractivity contribution < 1.29 is 9.53 Å². The topological polar surface area (TPSA) is 82.6 Å². The lowest BCUT2D eigenvalue weighted by molar-refractivity contribution is -0.159. The van der Waals surface area contributed by atoms with Gasteiger partial charge in [0.1, 0.15) is 5.60 Å². The van der Waals surface area contributed by atoms with E-state index in [1.165, 1.54) is 0 Å². The first-order chi connectivity index (χ1) is 10.8. The molecule has 8 heteroatoms. The Morgan fingerprint density at radius 3 is 2.79 bits per heavy atom. The highest BCUT2D eigenvalue weighted by molar-refractivity contribution is 14.0. The molecular weight excluding hydrogens is 421 g/mol. The number of rotatable bonds is 3. The standard InChI is InChI=1S/C16H27N5O2.HI/c1-11-13(9-19-20-11)8-18-15(17-5)21-7-6-12(10-21)14(22)23-16(2,3)4;/h9,12H,6-8,10H2,1-5H3,(H,17,18)(H,19,20);1H. The van der Waals surface area contributed by atoms with Crippen LogP contribution in [0, 0.1) is 12.8 Å². The van der Waals surface area contributed by atoms with E-state index in [0.717, 1.165) is 30.2 Å². The lowest BCUT2D eigenvalue weighted by atomic mass is 10.1. The minimum absolute atomic E-state index is 0. The van der Waals surface area contributed by atoms with Crippen molar-refractivity contribution in [2.45, 2.75) is 46.3 Å². The SMILES string of the molecule is CN=C(NCc1cn[nH]c1C)N1CCC(C(=O)OC(C)(C)C)C1.I. The van der Waals surface area contributed by atoms with Crippen LogP contribution in [0.3, 0.4) is 0 Å². The van der Waals surface area contributed by atoms with Crippen LogP contribution in [0.5, 0.6) is 0 Å². The molecule has 1 fully saturated rings. The molecule has 0 radical (unpaired) electrons. The maximum Gasteiger partial charge on any atom is 0.311 e. The second-order valence-electron chi connectivity index (χ2n) is 6.89. The number of hydrogen-bond acceptors (Lipinski definition) is 4. The lowest BCUT2D eigenvalue weighted by Gasteiger charge is -2.23. The number of H-pyrrole nitrogens is 1. The van der Waals surface area contributed by atoms with Gasteiger partial charge in [0, 0.05) is 37.9 Å². The number of hydrogen-bond donors (Lipinski definition) is 2. The van der Waals surface area contributed by atoms with Crippen molar-refractivity contribution >= 4 is 35.9 Å². The molecule has 0 aromatic carbocycles. The van der Waals surface area contributed by atoms with Gasteiger partial charge in [-0.3, -0.25) is 14.9 Å². The summed E-state index contributed by atoms with van der Waals surface area (Å²) in [5.74, 6) is 0.584.